The average molecular weight is 302 g/mol. The van der Waals surface area contributed by atoms with Crippen LogP contribution >= 0.6 is 11.6 Å². The minimum atomic E-state index is -0.164. The summed E-state index contributed by atoms with van der Waals surface area (Å²) in [5, 5.41) is 7.74. The van der Waals surface area contributed by atoms with E-state index in [1.807, 2.05) is 27.8 Å². The zero-order valence-electron chi connectivity index (χ0n) is 12.6. The predicted molar refractivity (Wildman–Crippen MR) is 80.5 cm³/mol. The maximum Gasteiger partial charge on any atom is 0.169 e. The van der Waals surface area contributed by atoms with E-state index in [9.17, 15) is 4.79 Å². The van der Waals surface area contributed by atoms with Gasteiger partial charge in [-0.3, -0.25) is 9.48 Å². The van der Waals surface area contributed by atoms with Crippen LogP contribution in [0.2, 0.25) is 5.02 Å². The number of nitrogens with one attached hydrogen (secondary N) is 1. The van der Waals surface area contributed by atoms with Gasteiger partial charge in [0.25, 0.3) is 0 Å². The molecule has 0 aliphatic heterocycles. The highest BCUT2D eigenvalue weighted by Crippen LogP contribution is 2.22. The molecule has 0 radical (unpaired) electrons. The van der Waals surface area contributed by atoms with E-state index in [0.717, 1.165) is 25.7 Å². The van der Waals surface area contributed by atoms with E-state index in [1.165, 1.54) is 6.20 Å². The van der Waals surface area contributed by atoms with Gasteiger partial charge in [0.1, 0.15) is 5.69 Å². The van der Waals surface area contributed by atoms with E-state index in [2.05, 4.69) is 10.4 Å². The second-order valence-electron chi connectivity index (χ2n) is 5.74. The summed E-state index contributed by atoms with van der Waals surface area (Å²) in [7, 11) is 1.90. The normalized spacial score (nSPS) is 13.4. The molecule has 1 rings (SSSR count). The fraction of sp³-hybridized carbons (Fsp3) is 0.714. The molecule has 5 nitrogen and oxygen atoms in total. The molecular weight excluding hydrogens is 278 g/mol. The van der Waals surface area contributed by atoms with Crippen molar-refractivity contribution in [2.45, 2.75) is 45.3 Å². The molecule has 0 spiro atoms. The number of rotatable bonds is 8. The van der Waals surface area contributed by atoms with Crippen molar-refractivity contribution in [1.29, 1.82) is 0 Å². The second kappa shape index (κ2) is 7.76. The summed E-state index contributed by atoms with van der Waals surface area (Å²) in [6.45, 7) is 7.54. The summed E-state index contributed by atoms with van der Waals surface area (Å²) in [5.41, 5.74) is 0.270. The van der Waals surface area contributed by atoms with Gasteiger partial charge in [-0.15, -0.1) is 0 Å². The average Bonchev–Trinajstić information content (AvgIpc) is 2.73. The molecular formula is C14H24ClN3O2. The number of hydrogen-bond acceptors (Lipinski definition) is 4. The number of hydrogen-bond donors (Lipinski definition) is 1. The van der Waals surface area contributed by atoms with Crippen LogP contribution < -0.4 is 5.32 Å². The van der Waals surface area contributed by atoms with Gasteiger partial charge in [0, 0.05) is 6.61 Å². The van der Waals surface area contributed by atoms with Gasteiger partial charge in [0.15, 0.2) is 6.29 Å². The van der Waals surface area contributed by atoms with Crippen molar-refractivity contribution < 1.29 is 9.53 Å². The van der Waals surface area contributed by atoms with E-state index in [1.54, 1.807) is 4.68 Å². The largest absolute Gasteiger partial charge is 0.376 e. The summed E-state index contributed by atoms with van der Waals surface area (Å²) in [6, 6.07) is 0.0949. The van der Waals surface area contributed by atoms with Gasteiger partial charge in [-0.2, -0.15) is 5.10 Å². The van der Waals surface area contributed by atoms with Gasteiger partial charge in [0.2, 0.25) is 0 Å². The van der Waals surface area contributed by atoms with Crippen LogP contribution in [0.1, 0.15) is 50.1 Å². The van der Waals surface area contributed by atoms with Crippen molar-refractivity contribution in [3.05, 3.63) is 16.9 Å². The molecule has 20 heavy (non-hydrogen) atoms. The minimum Gasteiger partial charge on any atom is -0.376 e. The van der Waals surface area contributed by atoms with Crippen LogP contribution in [0.4, 0.5) is 0 Å². The lowest BCUT2D eigenvalue weighted by Crippen LogP contribution is -2.24. The number of carbonyl (C=O) groups is 1. The molecule has 0 saturated carbocycles. The number of aromatic nitrogens is 2. The SMILES string of the molecule is CNCCC(CCOC(C)(C)C)n1ncc(Cl)c1C=O. The Balaban J connectivity index is 2.75. The van der Waals surface area contributed by atoms with Gasteiger partial charge < -0.3 is 10.1 Å². The lowest BCUT2D eigenvalue weighted by atomic mass is 10.1. The van der Waals surface area contributed by atoms with Crippen molar-refractivity contribution in [1.82, 2.24) is 15.1 Å². The number of ether oxygens (including phenoxy) is 1. The zero-order chi connectivity index (χ0) is 15.2. The molecule has 0 aromatic carbocycles. The molecule has 0 saturated heterocycles. The first-order valence-corrected chi connectivity index (χ1v) is 7.23. The molecule has 0 amide bonds. The summed E-state index contributed by atoms with van der Waals surface area (Å²) in [6.07, 6.45) is 3.93. The molecule has 1 atom stereocenters. The Morgan fingerprint density at radius 2 is 2.20 bits per heavy atom. The van der Waals surface area contributed by atoms with Crippen LogP contribution in [0, 0.1) is 0 Å². The van der Waals surface area contributed by atoms with E-state index in [4.69, 9.17) is 16.3 Å². The minimum absolute atomic E-state index is 0.0949. The van der Waals surface area contributed by atoms with Crippen LogP contribution in [0.15, 0.2) is 6.20 Å². The number of aldehydes is 1. The lowest BCUT2D eigenvalue weighted by molar-refractivity contribution is -0.00948. The van der Waals surface area contributed by atoms with E-state index in [-0.39, 0.29) is 11.6 Å². The monoisotopic (exact) mass is 301 g/mol. The predicted octanol–water partition coefficient (Wildman–Crippen LogP) is 2.70. The third-order valence-corrected chi connectivity index (χ3v) is 3.25. The Morgan fingerprint density at radius 1 is 1.50 bits per heavy atom. The van der Waals surface area contributed by atoms with Crippen LogP contribution in [0.5, 0.6) is 0 Å². The van der Waals surface area contributed by atoms with E-state index in [0.29, 0.717) is 17.3 Å². The van der Waals surface area contributed by atoms with Gasteiger partial charge in [-0.1, -0.05) is 11.6 Å². The molecule has 1 heterocycles. The van der Waals surface area contributed by atoms with E-state index < -0.39 is 0 Å². The molecule has 1 unspecified atom stereocenters. The van der Waals surface area contributed by atoms with Crippen molar-refractivity contribution in [3.63, 3.8) is 0 Å². The van der Waals surface area contributed by atoms with Crippen molar-refractivity contribution in [3.8, 4) is 0 Å². The van der Waals surface area contributed by atoms with Crippen LogP contribution in [0.25, 0.3) is 0 Å². The van der Waals surface area contributed by atoms with Gasteiger partial charge in [0.05, 0.1) is 22.9 Å². The Bertz CT molecular complexity index is 427. The Hall–Kier alpha value is -0.910. The smallest absolute Gasteiger partial charge is 0.169 e. The molecule has 1 aromatic heterocycles. The lowest BCUT2D eigenvalue weighted by Gasteiger charge is -2.23. The maximum atomic E-state index is 11.1. The Labute approximate surface area is 125 Å². The summed E-state index contributed by atoms with van der Waals surface area (Å²) < 4.78 is 7.47. The third kappa shape index (κ3) is 5.23. The first-order chi connectivity index (χ1) is 9.39. The van der Waals surface area contributed by atoms with Gasteiger partial charge >= 0.3 is 0 Å². The summed E-state index contributed by atoms with van der Waals surface area (Å²) in [4.78, 5) is 11.1. The highest BCUT2D eigenvalue weighted by atomic mass is 35.5. The molecule has 1 N–H and O–H groups in total. The van der Waals surface area contributed by atoms with E-state index >= 15 is 0 Å². The van der Waals surface area contributed by atoms with Crippen LogP contribution in [0.3, 0.4) is 0 Å². The molecule has 6 heteroatoms. The van der Waals surface area contributed by atoms with Gasteiger partial charge in [-0.05, 0) is 47.2 Å². The highest BCUT2D eigenvalue weighted by molar-refractivity contribution is 6.32. The second-order valence-corrected chi connectivity index (χ2v) is 6.14. The number of halogens is 1. The zero-order valence-corrected chi connectivity index (χ0v) is 13.4. The quantitative estimate of drug-likeness (QED) is 0.750. The molecule has 0 aliphatic carbocycles. The molecule has 1 aromatic rings. The standard InChI is InChI=1S/C14H24ClN3O2/c1-14(2,3)20-8-6-11(5-7-16-4)18-13(10-19)12(15)9-17-18/h9-11,16H,5-8H2,1-4H3. The Kier molecular flexibility index (Phi) is 6.65. The highest BCUT2D eigenvalue weighted by Gasteiger charge is 2.19. The first-order valence-electron chi connectivity index (χ1n) is 6.85. The number of carbonyl (C=O) groups excluding carboxylic acids is 1. The maximum absolute atomic E-state index is 11.1. The molecule has 0 aliphatic rings. The van der Waals surface area contributed by atoms with Crippen LogP contribution in [-0.4, -0.2) is 41.9 Å². The van der Waals surface area contributed by atoms with Crippen LogP contribution in [-0.2, 0) is 4.74 Å². The molecule has 0 fully saturated rings. The van der Waals surface area contributed by atoms with Crippen molar-refractivity contribution in [2.75, 3.05) is 20.2 Å². The number of nitrogens with zero attached hydrogens (tertiary/aromatic N) is 2. The fourth-order valence-corrected chi connectivity index (χ4v) is 2.13. The topological polar surface area (TPSA) is 56.1 Å². The third-order valence-electron chi connectivity index (χ3n) is 2.96. The van der Waals surface area contributed by atoms with Crippen molar-refractivity contribution >= 4 is 17.9 Å². The van der Waals surface area contributed by atoms with Crippen molar-refractivity contribution in [2.24, 2.45) is 0 Å². The molecule has 114 valence electrons. The molecule has 0 bridgehead atoms. The summed E-state index contributed by atoms with van der Waals surface area (Å²) in [5.74, 6) is 0. The summed E-state index contributed by atoms with van der Waals surface area (Å²) >= 11 is 5.97. The fourth-order valence-electron chi connectivity index (χ4n) is 1.95. The van der Waals surface area contributed by atoms with Gasteiger partial charge in [-0.25, -0.2) is 0 Å². The first kappa shape index (κ1) is 17.1. The Morgan fingerprint density at radius 3 is 2.75 bits per heavy atom.